The minimum atomic E-state index is -1.16. The monoisotopic (exact) mass is 376 g/mol. The number of ether oxygens (including phenoxy) is 3. The molecule has 2 rings (SSSR count). The molecule has 2 aromatic carbocycles. The third-order valence-corrected chi connectivity index (χ3v) is 4.04. The van der Waals surface area contributed by atoms with Gasteiger partial charge in [-0.15, -0.1) is 0 Å². The molecule has 2 atom stereocenters. The smallest absolute Gasteiger partial charge is 0.161 e. The van der Waals surface area contributed by atoms with E-state index in [0.717, 1.165) is 11.8 Å². The highest BCUT2D eigenvalue weighted by atomic mass is 16.5. The molecule has 7 nitrogen and oxygen atoms in total. The van der Waals surface area contributed by atoms with Crippen LogP contribution in [0.1, 0.15) is 17.2 Å². The van der Waals surface area contributed by atoms with Gasteiger partial charge in [-0.1, -0.05) is 12.1 Å². The lowest BCUT2D eigenvalue weighted by Gasteiger charge is -2.24. The molecule has 0 unspecified atom stereocenters. The normalized spacial score (nSPS) is 13.3. The number of benzene rings is 2. The molecule has 0 saturated heterocycles. The van der Waals surface area contributed by atoms with E-state index in [9.17, 15) is 15.3 Å². The number of methoxy groups -OCH3 is 2. The first kappa shape index (κ1) is 20.4. The van der Waals surface area contributed by atoms with Crippen molar-refractivity contribution in [2.24, 2.45) is 0 Å². The number of phenols is 1. The fraction of sp³-hybridized carbons (Fsp3) is 0.300. The Morgan fingerprint density at radius 1 is 1.00 bits per heavy atom. The van der Waals surface area contributed by atoms with Gasteiger partial charge in [0.1, 0.15) is 6.10 Å². The molecule has 0 fully saturated rings. The second-order valence-corrected chi connectivity index (χ2v) is 5.79. The Bertz CT molecular complexity index is 773. The van der Waals surface area contributed by atoms with Crippen LogP contribution in [0.3, 0.4) is 0 Å². The molecule has 7 heteroatoms. The van der Waals surface area contributed by atoms with Gasteiger partial charge in [-0.2, -0.15) is 0 Å². The van der Waals surface area contributed by atoms with Crippen LogP contribution in [0, 0.1) is 0 Å². The number of hydrogen-bond acceptors (Lipinski definition) is 7. The Kier molecular flexibility index (Phi) is 7.34. The molecule has 0 radical (unpaired) electrons. The van der Waals surface area contributed by atoms with E-state index in [1.165, 1.54) is 32.4 Å². The van der Waals surface area contributed by atoms with Gasteiger partial charge in [0.15, 0.2) is 29.1 Å². The molecule has 0 aromatic heterocycles. The lowest BCUT2D eigenvalue weighted by molar-refractivity contribution is -0.000522. The minimum Gasteiger partial charge on any atom is -0.516 e. The number of aliphatic hydroxyl groups is 3. The zero-order chi connectivity index (χ0) is 19.8. The van der Waals surface area contributed by atoms with Crippen LogP contribution in [0.15, 0.2) is 48.7 Å². The third kappa shape index (κ3) is 5.06. The van der Waals surface area contributed by atoms with E-state index in [-0.39, 0.29) is 11.5 Å². The van der Waals surface area contributed by atoms with Crippen LogP contribution in [0.25, 0.3) is 0 Å². The summed E-state index contributed by atoms with van der Waals surface area (Å²) in [5.41, 5.74) is 1.32. The molecule has 0 aliphatic rings. The Hall–Kier alpha value is -2.90. The second-order valence-electron chi connectivity index (χ2n) is 5.79. The topological polar surface area (TPSA) is 109 Å². The Morgan fingerprint density at radius 3 is 2.37 bits per heavy atom. The van der Waals surface area contributed by atoms with E-state index < -0.39 is 18.8 Å². The van der Waals surface area contributed by atoms with Gasteiger partial charge in [0, 0.05) is 0 Å². The molecular weight excluding hydrogens is 352 g/mol. The highest BCUT2D eigenvalue weighted by molar-refractivity contribution is 5.45. The average molecular weight is 376 g/mol. The van der Waals surface area contributed by atoms with E-state index in [1.54, 1.807) is 24.3 Å². The largest absolute Gasteiger partial charge is 0.516 e. The zero-order valence-electron chi connectivity index (χ0n) is 15.2. The van der Waals surface area contributed by atoms with Crippen molar-refractivity contribution in [1.82, 2.24) is 0 Å². The highest BCUT2D eigenvalue weighted by Gasteiger charge is 2.24. The maximum atomic E-state index is 10.6. The predicted octanol–water partition coefficient (Wildman–Crippen LogP) is 2.50. The summed E-state index contributed by atoms with van der Waals surface area (Å²) in [5, 5.41) is 38.7. The fourth-order valence-corrected chi connectivity index (χ4v) is 2.58. The van der Waals surface area contributed by atoms with Gasteiger partial charge in [0.25, 0.3) is 0 Å². The van der Waals surface area contributed by atoms with Crippen LogP contribution in [0.5, 0.6) is 23.0 Å². The van der Waals surface area contributed by atoms with Gasteiger partial charge < -0.3 is 34.6 Å². The van der Waals surface area contributed by atoms with Crippen molar-refractivity contribution in [2.75, 3.05) is 20.8 Å². The van der Waals surface area contributed by atoms with E-state index >= 15 is 0 Å². The standard InChI is InChI=1S/C20H24O7/c1-25-17-11-14(6-7-15(17)23)20(24)19(12-22)27-16-8-5-13(4-3-9-21)10-18(16)26-2/h3,5-11,19-24H,4,12H2,1-2H3/b9-3+/t19-,20-/m0/s1. The van der Waals surface area contributed by atoms with Gasteiger partial charge in [-0.25, -0.2) is 0 Å². The number of allylic oxidation sites excluding steroid dienone is 1. The van der Waals surface area contributed by atoms with Crippen molar-refractivity contribution in [3.8, 4) is 23.0 Å². The second kappa shape index (κ2) is 9.70. The third-order valence-electron chi connectivity index (χ3n) is 4.04. The van der Waals surface area contributed by atoms with E-state index in [2.05, 4.69) is 0 Å². The summed E-state index contributed by atoms with van der Waals surface area (Å²) in [6.07, 6.45) is 0.962. The quantitative estimate of drug-likeness (QED) is 0.498. The van der Waals surface area contributed by atoms with Crippen LogP contribution in [0.2, 0.25) is 0 Å². The number of rotatable bonds is 9. The fourth-order valence-electron chi connectivity index (χ4n) is 2.58. The molecule has 4 N–H and O–H groups in total. The summed E-state index contributed by atoms with van der Waals surface area (Å²) in [4.78, 5) is 0. The predicted molar refractivity (Wildman–Crippen MR) is 99.6 cm³/mol. The molecule has 0 aliphatic carbocycles. The molecule has 0 spiro atoms. The molecule has 146 valence electrons. The Balaban J connectivity index is 2.22. The first-order valence-corrected chi connectivity index (χ1v) is 8.32. The summed E-state index contributed by atoms with van der Waals surface area (Å²) < 4.78 is 16.1. The summed E-state index contributed by atoms with van der Waals surface area (Å²) >= 11 is 0. The van der Waals surface area contributed by atoms with Gasteiger partial charge in [-0.3, -0.25) is 0 Å². The molecule has 27 heavy (non-hydrogen) atoms. The minimum absolute atomic E-state index is 0.0518. The molecule has 0 heterocycles. The van der Waals surface area contributed by atoms with Crippen LogP contribution in [-0.4, -0.2) is 47.4 Å². The van der Waals surface area contributed by atoms with E-state index in [1.807, 2.05) is 0 Å². The first-order chi connectivity index (χ1) is 13.0. The van der Waals surface area contributed by atoms with Gasteiger partial charge >= 0.3 is 0 Å². The van der Waals surface area contributed by atoms with Crippen molar-refractivity contribution >= 4 is 0 Å². The maximum Gasteiger partial charge on any atom is 0.161 e. The van der Waals surface area contributed by atoms with Crippen molar-refractivity contribution in [1.29, 1.82) is 0 Å². The Morgan fingerprint density at radius 2 is 1.74 bits per heavy atom. The van der Waals surface area contributed by atoms with Gasteiger partial charge in [-0.05, 0) is 47.9 Å². The molecule has 0 saturated carbocycles. The van der Waals surface area contributed by atoms with Gasteiger partial charge in [0.05, 0.1) is 27.1 Å². The average Bonchev–Trinajstić information content (AvgIpc) is 2.70. The highest BCUT2D eigenvalue weighted by Crippen LogP contribution is 2.34. The molecule has 0 amide bonds. The maximum absolute atomic E-state index is 10.6. The summed E-state index contributed by atoms with van der Waals surface area (Å²) in [7, 11) is 2.90. The summed E-state index contributed by atoms with van der Waals surface area (Å²) in [6, 6.07) is 9.62. The number of aliphatic hydroxyl groups excluding tert-OH is 3. The van der Waals surface area contributed by atoms with Crippen LogP contribution < -0.4 is 14.2 Å². The van der Waals surface area contributed by atoms with Crippen LogP contribution >= 0.6 is 0 Å². The first-order valence-electron chi connectivity index (χ1n) is 8.32. The zero-order valence-corrected chi connectivity index (χ0v) is 15.2. The summed E-state index contributed by atoms with van der Waals surface area (Å²) in [5.74, 6) is 0.956. The molecule has 2 aromatic rings. The SMILES string of the molecule is COc1cc([C@H](O)[C@H](CO)Oc2ccc(C/C=C/O)cc2OC)ccc1O. The van der Waals surface area contributed by atoms with Crippen LogP contribution in [-0.2, 0) is 6.42 Å². The van der Waals surface area contributed by atoms with E-state index in [0.29, 0.717) is 23.5 Å². The Labute approximate surface area is 157 Å². The number of hydrogen-bond donors (Lipinski definition) is 4. The molecule has 0 aliphatic heterocycles. The van der Waals surface area contributed by atoms with Crippen molar-refractivity contribution in [3.63, 3.8) is 0 Å². The van der Waals surface area contributed by atoms with Crippen molar-refractivity contribution < 1.29 is 34.6 Å². The summed E-state index contributed by atoms with van der Waals surface area (Å²) in [6.45, 7) is -0.442. The number of aromatic hydroxyl groups is 1. The molecule has 0 bridgehead atoms. The molecular formula is C20H24O7. The van der Waals surface area contributed by atoms with Crippen molar-refractivity contribution in [2.45, 2.75) is 18.6 Å². The van der Waals surface area contributed by atoms with E-state index in [4.69, 9.17) is 19.3 Å². The lowest BCUT2D eigenvalue weighted by Crippen LogP contribution is -2.29. The lowest BCUT2D eigenvalue weighted by atomic mass is 10.0. The number of phenolic OH excluding ortho intramolecular Hbond substituents is 1. The van der Waals surface area contributed by atoms with Crippen LogP contribution in [0.4, 0.5) is 0 Å². The van der Waals surface area contributed by atoms with Gasteiger partial charge in [0.2, 0.25) is 0 Å². The van der Waals surface area contributed by atoms with Crippen molar-refractivity contribution in [3.05, 3.63) is 59.9 Å².